The lowest BCUT2D eigenvalue weighted by Gasteiger charge is -2.13. The third-order valence-corrected chi connectivity index (χ3v) is 6.99. The number of nitrogens with zero attached hydrogens (tertiary/aromatic N) is 4. The van der Waals surface area contributed by atoms with Crippen LogP contribution >= 0.6 is 23.2 Å². The van der Waals surface area contributed by atoms with Crippen molar-refractivity contribution in [3.8, 4) is 22.4 Å². The molecule has 3 heterocycles. The molecule has 0 saturated heterocycles. The lowest BCUT2D eigenvalue weighted by atomic mass is 10.00. The number of rotatable bonds is 9. The van der Waals surface area contributed by atoms with Crippen LogP contribution in [-0.2, 0) is 19.6 Å². The first kappa shape index (κ1) is 28.9. The van der Waals surface area contributed by atoms with Crippen molar-refractivity contribution in [2.45, 2.75) is 26.6 Å². The molecule has 0 atom stereocenters. The van der Waals surface area contributed by atoms with Crippen LogP contribution in [0.2, 0.25) is 10.0 Å². The van der Waals surface area contributed by atoms with E-state index in [2.05, 4.69) is 49.2 Å². The number of aryl methyl sites for hydroxylation is 1. The van der Waals surface area contributed by atoms with E-state index >= 15 is 0 Å². The second-order valence-corrected chi connectivity index (χ2v) is 10.2. The standard InChI is InChI=1S/C31H27Cl2N7O2/c1-2-40-30(41)28(37-31(42)38-29-25(32)18-36-19-26(29)33)14-27(39-40)24-10-4-9-23(13-24)22-8-3-6-20(12-22)15-35-17-21-7-5-11-34-16-21/h3-14,16,18-19,35H,2,15,17H2,1H3,(H2,36,37,38,42). The van der Waals surface area contributed by atoms with Crippen LogP contribution in [0.15, 0.2) is 96.3 Å². The lowest BCUT2D eigenvalue weighted by Crippen LogP contribution is -2.29. The summed E-state index contributed by atoms with van der Waals surface area (Å²) >= 11 is 12.2. The van der Waals surface area contributed by atoms with Gasteiger partial charge in [0.05, 0.1) is 21.4 Å². The smallest absolute Gasteiger partial charge is 0.309 e. The van der Waals surface area contributed by atoms with Crippen LogP contribution in [-0.4, -0.2) is 25.8 Å². The van der Waals surface area contributed by atoms with Crippen LogP contribution in [0.1, 0.15) is 18.1 Å². The van der Waals surface area contributed by atoms with E-state index in [9.17, 15) is 9.59 Å². The lowest BCUT2D eigenvalue weighted by molar-refractivity contribution is 0.262. The van der Waals surface area contributed by atoms with Crippen molar-refractivity contribution in [2.75, 3.05) is 10.6 Å². The van der Waals surface area contributed by atoms with Gasteiger partial charge in [-0.1, -0.05) is 65.7 Å². The van der Waals surface area contributed by atoms with E-state index in [0.717, 1.165) is 34.4 Å². The zero-order valence-corrected chi connectivity index (χ0v) is 24.2. The Kier molecular flexibility index (Phi) is 9.23. The molecule has 0 radical (unpaired) electrons. The average molecular weight is 601 g/mol. The van der Waals surface area contributed by atoms with Crippen LogP contribution in [0.4, 0.5) is 16.2 Å². The molecule has 0 spiro atoms. The minimum absolute atomic E-state index is 0.0627. The molecule has 0 bridgehead atoms. The van der Waals surface area contributed by atoms with Crippen LogP contribution in [0.3, 0.4) is 0 Å². The molecule has 2 amide bonds. The molecule has 11 heteroatoms. The van der Waals surface area contributed by atoms with Gasteiger partial charge in [0, 0.05) is 50.0 Å². The number of hydrogen-bond acceptors (Lipinski definition) is 6. The molecule has 0 aliphatic rings. The summed E-state index contributed by atoms with van der Waals surface area (Å²) in [7, 11) is 0. The maximum Gasteiger partial charge on any atom is 0.323 e. The number of benzene rings is 2. The quantitative estimate of drug-likeness (QED) is 0.175. The largest absolute Gasteiger partial charge is 0.323 e. The van der Waals surface area contributed by atoms with Crippen molar-refractivity contribution in [2.24, 2.45) is 0 Å². The Hall–Kier alpha value is -4.57. The molecule has 42 heavy (non-hydrogen) atoms. The van der Waals surface area contributed by atoms with Gasteiger partial charge in [0.2, 0.25) is 0 Å². The number of urea groups is 1. The van der Waals surface area contributed by atoms with Gasteiger partial charge in [0.1, 0.15) is 5.69 Å². The van der Waals surface area contributed by atoms with E-state index in [4.69, 9.17) is 23.2 Å². The molecule has 2 aromatic carbocycles. The van der Waals surface area contributed by atoms with Gasteiger partial charge in [-0.25, -0.2) is 9.48 Å². The summed E-state index contributed by atoms with van der Waals surface area (Å²) in [6.45, 7) is 3.56. The summed E-state index contributed by atoms with van der Waals surface area (Å²) in [6, 6.07) is 21.0. The number of pyridine rings is 2. The van der Waals surface area contributed by atoms with Crippen LogP contribution < -0.4 is 21.5 Å². The molecule has 0 aliphatic carbocycles. The molecule has 9 nitrogen and oxygen atoms in total. The normalized spacial score (nSPS) is 10.8. The van der Waals surface area contributed by atoms with Crippen LogP contribution in [0.5, 0.6) is 0 Å². The Morgan fingerprint density at radius 3 is 2.24 bits per heavy atom. The highest BCUT2D eigenvalue weighted by molar-refractivity contribution is 6.39. The van der Waals surface area contributed by atoms with Crippen molar-refractivity contribution in [1.29, 1.82) is 0 Å². The number of carbonyl (C=O) groups is 1. The Balaban J connectivity index is 1.36. The average Bonchev–Trinajstić information content (AvgIpc) is 3.01. The van der Waals surface area contributed by atoms with Gasteiger partial charge in [-0.05, 0) is 53.4 Å². The van der Waals surface area contributed by atoms with Gasteiger partial charge in [-0.15, -0.1) is 0 Å². The third kappa shape index (κ3) is 7.01. The van der Waals surface area contributed by atoms with E-state index in [1.807, 2.05) is 55.6 Å². The molecule has 5 rings (SSSR count). The molecule has 0 unspecified atom stereocenters. The van der Waals surface area contributed by atoms with Crippen LogP contribution in [0.25, 0.3) is 22.4 Å². The van der Waals surface area contributed by atoms with E-state index in [1.54, 1.807) is 12.3 Å². The van der Waals surface area contributed by atoms with Crippen molar-refractivity contribution < 1.29 is 4.79 Å². The summed E-state index contributed by atoms with van der Waals surface area (Å²) in [5.41, 5.74) is 5.44. The van der Waals surface area contributed by atoms with E-state index in [-0.39, 0.29) is 21.4 Å². The molecule has 3 N–H and O–H groups in total. The Morgan fingerprint density at radius 2 is 1.50 bits per heavy atom. The van der Waals surface area contributed by atoms with Crippen molar-refractivity contribution >= 4 is 40.6 Å². The molecule has 212 valence electrons. The first-order valence-electron chi connectivity index (χ1n) is 13.2. The number of aromatic nitrogens is 4. The first-order chi connectivity index (χ1) is 20.4. The molecular formula is C31H27Cl2N7O2. The summed E-state index contributed by atoms with van der Waals surface area (Å²) in [5.74, 6) is 0. The van der Waals surface area contributed by atoms with Gasteiger partial charge in [-0.3, -0.25) is 14.8 Å². The number of carbonyl (C=O) groups excluding carboxylic acids is 1. The summed E-state index contributed by atoms with van der Waals surface area (Å²) in [5, 5.41) is 13.5. The summed E-state index contributed by atoms with van der Waals surface area (Å²) < 4.78 is 1.30. The first-order valence-corrected chi connectivity index (χ1v) is 14.0. The maximum absolute atomic E-state index is 13.0. The fraction of sp³-hybridized carbons (Fsp3) is 0.129. The molecule has 0 aliphatic heterocycles. The van der Waals surface area contributed by atoms with Crippen molar-refractivity contribution in [3.63, 3.8) is 0 Å². The predicted molar refractivity (Wildman–Crippen MR) is 167 cm³/mol. The van der Waals surface area contributed by atoms with Gasteiger partial charge >= 0.3 is 6.03 Å². The number of anilines is 2. The van der Waals surface area contributed by atoms with Gasteiger partial charge in [0.25, 0.3) is 5.56 Å². The van der Waals surface area contributed by atoms with E-state index in [1.165, 1.54) is 17.1 Å². The number of nitrogens with one attached hydrogen (secondary N) is 3. The third-order valence-electron chi connectivity index (χ3n) is 6.41. The van der Waals surface area contributed by atoms with Crippen molar-refractivity contribution in [3.05, 3.63) is 123 Å². The number of hydrogen-bond donors (Lipinski definition) is 3. The minimum atomic E-state index is -0.676. The zero-order valence-electron chi connectivity index (χ0n) is 22.6. The highest BCUT2D eigenvalue weighted by Crippen LogP contribution is 2.29. The van der Waals surface area contributed by atoms with Gasteiger partial charge < -0.3 is 16.0 Å². The Morgan fingerprint density at radius 1 is 0.810 bits per heavy atom. The van der Waals surface area contributed by atoms with Crippen LogP contribution in [0, 0.1) is 0 Å². The summed E-state index contributed by atoms with van der Waals surface area (Å²) in [4.78, 5) is 33.8. The topological polar surface area (TPSA) is 114 Å². The zero-order chi connectivity index (χ0) is 29.5. The number of halogens is 2. The molecule has 0 saturated carbocycles. The molecular weight excluding hydrogens is 573 g/mol. The van der Waals surface area contributed by atoms with Crippen molar-refractivity contribution in [1.82, 2.24) is 25.1 Å². The Bertz CT molecular complexity index is 1760. The minimum Gasteiger partial charge on any atom is -0.309 e. The monoisotopic (exact) mass is 599 g/mol. The maximum atomic E-state index is 13.0. The Labute approximate surface area is 252 Å². The fourth-order valence-electron chi connectivity index (χ4n) is 4.36. The van der Waals surface area contributed by atoms with Gasteiger partial charge in [0.15, 0.2) is 0 Å². The number of amides is 2. The SMILES string of the molecule is CCn1nc(-c2cccc(-c3cccc(CNCc4cccnc4)c3)c2)cc(NC(=O)Nc2c(Cl)cncc2Cl)c1=O. The van der Waals surface area contributed by atoms with E-state index in [0.29, 0.717) is 18.8 Å². The highest BCUT2D eigenvalue weighted by Gasteiger charge is 2.15. The second-order valence-electron chi connectivity index (χ2n) is 9.37. The molecule has 0 fully saturated rings. The fourth-order valence-corrected chi connectivity index (χ4v) is 4.82. The molecule has 3 aromatic heterocycles. The van der Waals surface area contributed by atoms with E-state index < -0.39 is 11.6 Å². The van der Waals surface area contributed by atoms with Gasteiger partial charge in [-0.2, -0.15) is 5.10 Å². The highest BCUT2D eigenvalue weighted by atomic mass is 35.5. The second kappa shape index (κ2) is 13.4. The predicted octanol–water partition coefficient (Wildman–Crippen LogP) is 6.63. The molecule has 5 aromatic rings. The summed E-state index contributed by atoms with van der Waals surface area (Å²) in [6.07, 6.45) is 6.33.